The highest BCUT2D eigenvalue weighted by molar-refractivity contribution is 7.18. The molecule has 0 unspecified atom stereocenters. The Bertz CT molecular complexity index is 2000. The standard InChI is InChI=1S/C31H26F2N6O2S/c1-38-25-4-3-17(9-18(25)13-35-38)29-22-5-8-42-31(22)28-27-23(33)10-19(32)11-26(27)41-7-2-6-40-16-20-15-39-21(14-34-20)12-24(37-39)30(28)36-29/h3-5,8-13,20,34H,2,6-7,14-16H2,1H3/t20-/m0/s1. The second kappa shape index (κ2) is 9.97. The number of halogens is 2. The molecule has 6 heterocycles. The molecule has 0 spiro atoms. The van der Waals surface area contributed by atoms with Crippen LogP contribution in [0.15, 0.2) is 54.0 Å². The van der Waals surface area contributed by atoms with Gasteiger partial charge in [0.25, 0.3) is 0 Å². The van der Waals surface area contributed by atoms with Crippen molar-refractivity contribution in [1.82, 2.24) is 29.9 Å². The third-order valence-electron chi connectivity index (χ3n) is 7.98. The molecule has 1 atom stereocenters. The van der Waals surface area contributed by atoms with Crippen LogP contribution in [0.1, 0.15) is 12.1 Å². The number of ether oxygens (including phenoxy) is 2. The van der Waals surface area contributed by atoms with Gasteiger partial charge in [0.15, 0.2) is 0 Å². The van der Waals surface area contributed by atoms with Gasteiger partial charge in [-0.1, -0.05) is 6.07 Å². The van der Waals surface area contributed by atoms with E-state index in [2.05, 4.69) is 16.5 Å². The average molecular weight is 585 g/mol. The summed E-state index contributed by atoms with van der Waals surface area (Å²) in [6.07, 6.45) is 2.41. The maximum atomic E-state index is 15.9. The SMILES string of the molecule is Cn1ncc2cc(-c3nc4c(c5sccc35)-c3c(F)cc(F)cc3OCCCOC[C@@H]3Cn5nc-4cc5CN3)ccc21. The molecule has 212 valence electrons. The third kappa shape index (κ3) is 4.19. The number of hydrogen-bond donors (Lipinski definition) is 1. The van der Waals surface area contributed by atoms with Crippen LogP contribution in [0.2, 0.25) is 0 Å². The molecule has 11 heteroatoms. The summed E-state index contributed by atoms with van der Waals surface area (Å²) in [6.45, 7) is 2.52. The predicted molar refractivity (Wildman–Crippen MR) is 157 cm³/mol. The van der Waals surface area contributed by atoms with E-state index in [1.807, 2.05) is 52.3 Å². The molecule has 0 radical (unpaired) electrons. The summed E-state index contributed by atoms with van der Waals surface area (Å²) in [7, 11) is 1.91. The highest BCUT2D eigenvalue weighted by Crippen LogP contribution is 2.47. The van der Waals surface area contributed by atoms with Crippen LogP contribution in [0, 0.1) is 11.6 Å². The van der Waals surface area contributed by atoms with E-state index in [0.29, 0.717) is 49.7 Å². The van der Waals surface area contributed by atoms with Crippen molar-refractivity contribution in [2.75, 3.05) is 19.8 Å². The maximum Gasteiger partial charge on any atom is 0.137 e. The predicted octanol–water partition coefficient (Wildman–Crippen LogP) is 5.93. The Hall–Kier alpha value is -4.19. The number of thiophene rings is 1. The average Bonchev–Trinajstić information content (AvgIpc) is 3.72. The molecule has 8 rings (SSSR count). The lowest BCUT2D eigenvalue weighted by Crippen LogP contribution is -2.42. The zero-order valence-electron chi connectivity index (χ0n) is 22.7. The Balaban J connectivity index is 1.43. The number of aryl methyl sites for hydroxylation is 1. The molecule has 0 fully saturated rings. The van der Waals surface area contributed by atoms with Gasteiger partial charge in [-0.25, -0.2) is 13.8 Å². The Kier molecular flexibility index (Phi) is 6.06. The van der Waals surface area contributed by atoms with Gasteiger partial charge in [0.2, 0.25) is 0 Å². The Morgan fingerprint density at radius 2 is 1.98 bits per heavy atom. The summed E-state index contributed by atoms with van der Waals surface area (Å²) < 4.78 is 47.1. The van der Waals surface area contributed by atoms with Crippen LogP contribution in [0.3, 0.4) is 0 Å². The minimum absolute atomic E-state index is 0.106. The van der Waals surface area contributed by atoms with Gasteiger partial charge in [-0.2, -0.15) is 10.2 Å². The molecule has 2 aromatic carbocycles. The first-order chi connectivity index (χ1) is 20.5. The van der Waals surface area contributed by atoms with Gasteiger partial charge in [-0.3, -0.25) is 9.36 Å². The number of pyridine rings is 1. The molecular formula is C31H26F2N6O2S. The number of benzene rings is 2. The summed E-state index contributed by atoms with van der Waals surface area (Å²) in [5.74, 6) is -1.27. The smallest absolute Gasteiger partial charge is 0.137 e. The molecule has 8 nitrogen and oxygen atoms in total. The Morgan fingerprint density at radius 1 is 1.05 bits per heavy atom. The summed E-state index contributed by atoms with van der Waals surface area (Å²) in [4.78, 5) is 5.23. The number of nitrogens with zero attached hydrogens (tertiary/aromatic N) is 5. The molecule has 2 aliphatic heterocycles. The maximum absolute atomic E-state index is 15.9. The van der Waals surface area contributed by atoms with Gasteiger partial charge >= 0.3 is 0 Å². The van der Waals surface area contributed by atoms with Crippen molar-refractivity contribution in [1.29, 1.82) is 0 Å². The van der Waals surface area contributed by atoms with Crippen molar-refractivity contribution in [2.24, 2.45) is 7.05 Å². The number of nitrogens with one attached hydrogen (secondary N) is 1. The molecule has 42 heavy (non-hydrogen) atoms. The van der Waals surface area contributed by atoms with Crippen molar-refractivity contribution in [3.8, 4) is 39.5 Å². The fourth-order valence-electron chi connectivity index (χ4n) is 5.95. The van der Waals surface area contributed by atoms with Gasteiger partial charge in [0.05, 0.1) is 54.5 Å². The van der Waals surface area contributed by atoms with E-state index in [0.717, 1.165) is 44.0 Å². The number of rotatable bonds is 1. The normalized spacial score (nSPS) is 17.1. The van der Waals surface area contributed by atoms with Crippen molar-refractivity contribution < 1.29 is 18.3 Å². The largest absolute Gasteiger partial charge is 0.493 e. The lowest BCUT2D eigenvalue weighted by Gasteiger charge is -2.24. The lowest BCUT2D eigenvalue weighted by atomic mass is 9.96. The summed E-state index contributed by atoms with van der Waals surface area (Å²) in [5, 5.41) is 16.7. The second-order valence-electron chi connectivity index (χ2n) is 10.7. The highest BCUT2D eigenvalue weighted by Gasteiger charge is 2.28. The first-order valence-corrected chi connectivity index (χ1v) is 14.8. The van der Waals surface area contributed by atoms with Crippen LogP contribution in [-0.4, -0.2) is 50.4 Å². The lowest BCUT2D eigenvalue weighted by molar-refractivity contribution is 0.0895. The molecular weight excluding hydrogens is 558 g/mol. The monoisotopic (exact) mass is 584 g/mol. The fraction of sp³-hybridized carbons (Fsp3) is 0.258. The van der Waals surface area contributed by atoms with Gasteiger partial charge in [-0.05, 0) is 29.6 Å². The van der Waals surface area contributed by atoms with E-state index in [4.69, 9.17) is 19.6 Å². The molecule has 0 aliphatic carbocycles. The molecule has 3 bridgehead atoms. The molecule has 2 aliphatic rings. The molecule has 1 N–H and O–H groups in total. The highest BCUT2D eigenvalue weighted by atomic mass is 32.1. The molecule has 4 aromatic heterocycles. The minimum atomic E-state index is -0.710. The minimum Gasteiger partial charge on any atom is -0.493 e. The topological polar surface area (TPSA) is 79.0 Å². The third-order valence-corrected chi connectivity index (χ3v) is 8.91. The number of aromatic nitrogens is 5. The molecule has 0 saturated carbocycles. The van der Waals surface area contributed by atoms with Crippen LogP contribution >= 0.6 is 11.3 Å². The fourth-order valence-corrected chi connectivity index (χ4v) is 6.90. The van der Waals surface area contributed by atoms with Gasteiger partial charge in [0.1, 0.15) is 28.8 Å². The van der Waals surface area contributed by atoms with Crippen LogP contribution in [-0.2, 0) is 24.9 Å². The molecule has 0 amide bonds. The van der Waals surface area contributed by atoms with E-state index >= 15 is 4.39 Å². The van der Waals surface area contributed by atoms with E-state index in [9.17, 15) is 4.39 Å². The quantitative estimate of drug-likeness (QED) is 0.258. The Labute approximate surface area is 243 Å². The first kappa shape index (κ1) is 25.5. The summed E-state index contributed by atoms with van der Waals surface area (Å²) in [5.41, 5.74) is 5.55. The van der Waals surface area contributed by atoms with Gasteiger partial charge in [-0.15, -0.1) is 11.3 Å². The molecule has 6 aromatic rings. The van der Waals surface area contributed by atoms with Crippen molar-refractivity contribution in [3.63, 3.8) is 0 Å². The first-order valence-electron chi connectivity index (χ1n) is 13.9. The van der Waals surface area contributed by atoms with Crippen LogP contribution < -0.4 is 10.1 Å². The van der Waals surface area contributed by atoms with Crippen LogP contribution in [0.25, 0.3) is 54.8 Å². The number of fused-ring (bicyclic) bond motifs is 9. The van der Waals surface area contributed by atoms with Crippen LogP contribution in [0.5, 0.6) is 5.75 Å². The van der Waals surface area contributed by atoms with Gasteiger partial charge in [0, 0.05) is 65.4 Å². The van der Waals surface area contributed by atoms with E-state index < -0.39 is 11.6 Å². The summed E-state index contributed by atoms with van der Waals surface area (Å²) in [6, 6.07) is 12.4. The van der Waals surface area contributed by atoms with Crippen molar-refractivity contribution in [2.45, 2.75) is 25.6 Å². The van der Waals surface area contributed by atoms with Crippen molar-refractivity contribution in [3.05, 3.63) is 71.4 Å². The van der Waals surface area contributed by atoms with E-state index in [1.165, 1.54) is 17.4 Å². The zero-order chi connectivity index (χ0) is 28.4. The zero-order valence-corrected chi connectivity index (χ0v) is 23.5. The Morgan fingerprint density at radius 3 is 2.90 bits per heavy atom. The second-order valence-corrected chi connectivity index (χ2v) is 11.6. The van der Waals surface area contributed by atoms with E-state index in [-0.39, 0.29) is 24.0 Å². The summed E-state index contributed by atoms with van der Waals surface area (Å²) >= 11 is 1.49. The number of hydrogen-bond acceptors (Lipinski definition) is 7. The molecule has 0 saturated heterocycles. The van der Waals surface area contributed by atoms with Gasteiger partial charge < -0.3 is 14.8 Å². The van der Waals surface area contributed by atoms with Crippen LogP contribution in [0.4, 0.5) is 8.78 Å². The van der Waals surface area contributed by atoms with Crippen molar-refractivity contribution >= 4 is 32.3 Å². The van der Waals surface area contributed by atoms with E-state index in [1.54, 1.807) is 0 Å².